The predicted octanol–water partition coefficient (Wildman–Crippen LogP) is 3.01. The fourth-order valence-corrected chi connectivity index (χ4v) is 3.98. The number of piperidine rings is 1. The second-order valence-electron chi connectivity index (χ2n) is 8.11. The molecule has 0 bridgehead atoms. The zero-order valence-electron chi connectivity index (χ0n) is 19.0. The first-order valence-corrected chi connectivity index (χ1v) is 11.2. The summed E-state index contributed by atoms with van der Waals surface area (Å²) in [6.07, 6.45) is 1.87. The van der Waals surface area contributed by atoms with Crippen LogP contribution in [0.15, 0.2) is 48.5 Å². The van der Waals surface area contributed by atoms with Crippen LogP contribution in [0.1, 0.15) is 46.9 Å². The number of likely N-dealkylation sites (tertiary alicyclic amines) is 1. The first-order valence-electron chi connectivity index (χ1n) is 11.2. The number of halogens is 1. The van der Waals surface area contributed by atoms with E-state index < -0.39 is 11.9 Å². The number of hydrogen-bond acceptors (Lipinski definition) is 4. The van der Waals surface area contributed by atoms with Gasteiger partial charge in [0.05, 0.1) is 7.11 Å². The highest BCUT2D eigenvalue weighted by Crippen LogP contribution is 2.23. The van der Waals surface area contributed by atoms with E-state index in [1.165, 1.54) is 25.3 Å². The maximum atomic E-state index is 13.5. The zero-order chi connectivity index (χ0) is 23.8. The number of amides is 3. The Kier molecular flexibility index (Phi) is 8.40. The Labute approximate surface area is 193 Å². The summed E-state index contributed by atoms with van der Waals surface area (Å²) in [4.78, 5) is 40.2. The second kappa shape index (κ2) is 11.4. The van der Waals surface area contributed by atoms with Crippen LogP contribution in [0, 0.1) is 11.7 Å². The molecule has 3 amide bonds. The van der Waals surface area contributed by atoms with Crippen LogP contribution in [0.5, 0.6) is 5.75 Å². The number of nitrogens with one attached hydrogen (secondary N) is 2. The Balaban J connectivity index is 1.69. The molecule has 0 radical (unpaired) electrons. The van der Waals surface area contributed by atoms with Gasteiger partial charge < -0.3 is 20.3 Å². The molecule has 3 rings (SSSR count). The minimum absolute atomic E-state index is 0.132. The Morgan fingerprint density at radius 1 is 1.09 bits per heavy atom. The number of hydrogen-bond donors (Lipinski definition) is 2. The van der Waals surface area contributed by atoms with Crippen LogP contribution in [-0.4, -0.2) is 55.4 Å². The van der Waals surface area contributed by atoms with Crippen molar-refractivity contribution in [1.29, 1.82) is 0 Å². The number of carbonyl (C=O) groups excluding carboxylic acids is 3. The van der Waals surface area contributed by atoms with E-state index in [0.717, 1.165) is 6.42 Å². The van der Waals surface area contributed by atoms with Gasteiger partial charge in [-0.3, -0.25) is 14.4 Å². The number of carbonyl (C=O) groups is 3. The fraction of sp³-hybridized carbons (Fsp3) is 0.400. The van der Waals surface area contributed by atoms with Gasteiger partial charge in [0.1, 0.15) is 17.6 Å². The lowest BCUT2D eigenvalue weighted by Gasteiger charge is -2.36. The van der Waals surface area contributed by atoms with Crippen molar-refractivity contribution in [2.45, 2.75) is 32.2 Å². The van der Waals surface area contributed by atoms with Gasteiger partial charge in [-0.25, -0.2) is 4.39 Å². The van der Waals surface area contributed by atoms with Crippen molar-refractivity contribution in [3.05, 3.63) is 65.5 Å². The molecule has 2 aromatic carbocycles. The number of rotatable bonds is 8. The molecular weight excluding hydrogens is 425 g/mol. The topological polar surface area (TPSA) is 87.7 Å². The van der Waals surface area contributed by atoms with Gasteiger partial charge in [0, 0.05) is 30.8 Å². The van der Waals surface area contributed by atoms with E-state index in [1.807, 2.05) is 6.92 Å². The monoisotopic (exact) mass is 455 g/mol. The minimum atomic E-state index is -0.721. The van der Waals surface area contributed by atoms with Gasteiger partial charge >= 0.3 is 0 Å². The van der Waals surface area contributed by atoms with Crippen LogP contribution in [0.2, 0.25) is 0 Å². The first kappa shape index (κ1) is 24.2. The molecule has 7 nitrogen and oxygen atoms in total. The van der Waals surface area contributed by atoms with Crippen LogP contribution in [-0.2, 0) is 4.79 Å². The Bertz CT molecular complexity index is 989. The second-order valence-corrected chi connectivity index (χ2v) is 8.11. The lowest BCUT2D eigenvalue weighted by atomic mass is 9.88. The fourth-order valence-electron chi connectivity index (χ4n) is 3.98. The Morgan fingerprint density at radius 3 is 2.45 bits per heavy atom. The largest absolute Gasteiger partial charge is 0.497 e. The molecule has 33 heavy (non-hydrogen) atoms. The van der Waals surface area contributed by atoms with Crippen molar-refractivity contribution in [2.24, 2.45) is 5.92 Å². The van der Waals surface area contributed by atoms with Gasteiger partial charge in [0.25, 0.3) is 11.8 Å². The van der Waals surface area contributed by atoms with Crippen molar-refractivity contribution in [3.8, 4) is 5.75 Å². The van der Waals surface area contributed by atoms with Crippen LogP contribution >= 0.6 is 0 Å². The van der Waals surface area contributed by atoms with Gasteiger partial charge in [-0.15, -0.1) is 0 Å². The molecule has 1 unspecified atom stereocenters. The van der Waals surface area contributed by atoms with Gasteiger partial charge in [-0.2, -0.15) is 0 Å². The first-order chi connectivity index (χ1) is 15.9. The average Bonchev–Trinajstić information content (AvgIpc) is 2.85. The number of benzene rings is 2. The van der Waals surface area contributed by atoms with Crippen LogP contribution in [0.25, 0.3) is 0 Å². The Morgan fingerprint density at radius 2 is 1.79 bits per heavy atom. The summed E-state index contributed by atoms with van der Waals surface area (Å²) >= 11 is 0. The highest BCUT2D eigenvalue weighted by molar-refractivity contribution is 5.98. The summed E-state index contributed by atoms with van der Waals surface area (Å²) < 4.78 is 18.7. The molecule has 176 valence electrons. The predicted molar refractivity (Wildman–Crippen MR) is 123 cm³/mol. The third-order valence-electron chi connectivity index (χ3n) is 5.82. The van der Waals surface area contributed by atoms with E-state index in [2.05, 4.69) is 10.6 Å². The molecule has 0 spiro atoms. The van der Waals surface area contributed by atoms with E-state index in [4.69, 9.17) is 4.74 Å². The molecule has 0 saturated carbocycles. The standard InChI is InChI=1S/C25H30FN3O4/c1-3-12-27-24(31)22(28-23(30)18-6-5-9-21(16-18)33-2)17-10-13-29(14-11-17)25(32)19-7-4-8-20(26)15-19/h4-9,15-17,22H,3,10-14H2,1-2H3,(H,27,31)(H,28,30). The van der Waals surface area contributed by atoms with Crippen LogP contribution < -0.4 is 15.4 Å². The van der Waals surface area contributed by atoms with E-state index in [-0.39, 0.29) is 23.6 Å². The van der Waals surface area contributed by atoms with Crippen LogP contribution in [0.4, 0.5) is 4.39 Å². The third kappa shape index (κ3) is 6.31. The molecule has 1 fully saturated rings. The lowest BCUT2D eigenvalue weighted by molar-refractivity contribution is -0.124. The van der Waals surface area contributed by atoms with Crippen molar-refractivity contribution in [1.82, 2.24) is 15.5 Å². The normalized spacial score (nSPS) is 14.9. The van der Waals surface area contributed by atoms with Gasteiger partial charge in [-0.05, 0) is 61.6 Å². The van der Waals surface area contributed by atoms with Crippen molar-refractivity contribution in [2.75, 3.05) is 26.7 Å². The number of methoxy groups -OCH3 is 1. The SMILES string of the molecule is CCCNC(=O)C(NC(=O)c1cccc(OC)c1)C1CCN(C(=O)c2cccc(F)c2)CC1. The number of nitrogens with zero attached hydrogens (tertiary/aromatic N) is 1. The van der Waals surface area contributed by atoms with Crippen LogP contribution in [0.3, 0.4) is 0 Å². The van der Waals surface area contributed by atoms with E-state index >= 15 is 0 Å². The number of ether oxygens (including phenoxy) is 1. The average molecular weight is 456 g/mol. The zero-order valence-corrected chi connectivity index (χ0v) is 19.0. The molecule has 2 aromatic rings. The van der Waals surface area contributed by atoms with E-state index in [9.17, 15) is 18.8 Å². The molecule has 0 aromatic heterocycles. The highest BCUT2D eigenvalue weighted by Gasteiger charge is 2.34. The van der Waals surface area contributed by atoms with Crippen molar-refractivity contribution in [3.63, 3.8) is 0 Å². The van der Waals surface area contributed by atoms with Gasteiger partial charge in [0.2, 0.25) is 5.91 Å². The molecule has 1 aliphatic rings. The molecule has 1 atom stereocenters. The summed E-state index contributed by atoms with van der Waals surface area (Å²) in [5.74, 6) is -0.859. The quantitative estimate of drug-likeness (QED) is 0.641. The van der Waals surface area contributed by atoms with Gasteiger partial charge in [-0.1, -0.05) is 19.1 Å². The smallest absolute Gasteiger partial charge is 0.253 e. The third-order valence-corrected chi connectivity index (χ3v) is 5.82. The Hall–Kier alpha value is -3.42. The van der Waals surface area contributed by atoms with Crippen molar-refractivity contribution >= 4 is 17.7 Å². The summed E-state index contributed by atoms with van der Waals surface area (Å²) in [7, 11) is 1.52. The molecule has 1 saturated heterocycles. The van der Waals surface area contributed by atoms with E-state index in [1.54, 1.807) is 35.2 Å². The molecular formula is C25H30FN3O4. The molecule has 1 heterocycles. The molecule has 8 heteroatoms. The maximum Gasteiger partial charge on any atom is 0.253 e. The summed E-state index contributed by atoms with van der Waals surface area (Å²) in [6, 6.07) is 11.7. The van der Waals surface area contributed by atoms with Crippen molar-refractivity contribution < 1.29 is 23.5 Å². The molecule has 0 aliphatic carbocycles. The summed E-state index contributed by atoms with van der Waals surface area (Å²) in [6.45, 7) is 3.32. The highest BCUT2D eigenvalue weighted by atomic mass is 19.1. The molecule has 2 N–H and O–H groups in total. The van der Waals surface area contributed by atoms with E-state index in [0.29, 0.717) is 49.4 Å². The maximum absolute atomic E-state index is 13.5. The minimum Gasteiger partial charge on any atom is -0.497 e. The summed E-state index contributed by atoms with van der Waals surface area (Å²) in [5.41, 5.74) is 0.707. The summed E-state index contributed by atoms with van der Waals surface area (Å²) in [5, 5.41) is 5.76. The lowest BCUT2D eigenvalue weighted by Crippen LogP contribution is -2.54. The molecule has 1 aliphatic heterocycles. The van der Waals surface area contributed by atoms with Gasteiger partial charge in [0.15, 0.2) is 0 Å².